The molecular weight excluding hydrogens is 829 g/mol. The molecule has 0 unspecified atom stereocenters. The number of aromatic nitrogens is 4. The highest BCUT2D eigenvalue weighted by Gasteiger charge is 2.22. The summed E-state index contributed by atoms with van der Waals surface area (Å²) in [5, 5.41) is 4.36. The predicted octanol–water partition coefficient (Wildman–Crippen LogP) is 16.5. The Morgan fingerprint density at radius 2 is 0.794 bits per heavy atom. The summed E-state index contributed by atoms with van der Waals surface area (Å²) in [6.07, 6.45) is 0. The number of nitrogens with zero attached hydrogens (tertiary/aromatic N) is 4. The van der Waals surface area contributed by atoms with Crippen molar-refractivity contribution in [2.75, 3.05) is 0 Å². The van der Waals surface area contributed by atoms with Crippen LogP contribution in [-0.4, -0.2) is 19.5 Å². The maximum absolute atomic E-state index is 6.88. The zero-order valence-electron chi connectivity index (χ0n) is 36.8. The molecule has 0 saturated carbocycles. The second-order valence-electron chi connectivity index (χ2n) is 17.1. The quantitative estimate of drug-likeness (QED) is 0.153. The summed E-state index contributed by atoms with van der Waals surface area (Å²) in [5.74, 6) is 1.81. The van der Waals surface area contributed by atoms with E-state index in [9.17, 15) is 0 Å². The Balaban J connectivity index is 1.03. The normalized spacial score (nSPS) is 11.5. The molecule has 3 aromatic heterocycles. The molecule has 5 heteroatoms. The number of benzene rings is 10. The van der Waals surface area contributed by atoms with Gasteiger partial charge in [-0.1, -0.05) is 188 Å². The van der Waals surface area contributed by atoms with Crippen molar-refractivity contribution in [3.8, 4) is 84.4 Å². The van der Waals surface area contributed by atoms with E-state index in [2.05, 4.69) is 211 Å². The van der Waals surface area contributed by atoms with Crippen LogP contribution < -0.4 is 0 Å². The van der Waals surface area contributed by atoms with Crippen LogP contribution in [0.5, 0.6) is 0 Å². The molecule has 5 nitrogen and oxygen atoms in total. The summed E-state index contributed by atoms with van der Waals surface area (Å²) in [6, 6.07) is 85.2. The molecule has 0 atom stereocenters. The number of fused-ring (bicyclic) bond motifs is 7. The summed E-state index contributed by atoms with van der Waals surface area (Å²) in [7, 11) is 0. The van der Waals surface area contributed by atoms with Gasteiger partial charge in [0.15, 0.2) is 17.5 Å². The minimum atomic E-state index is 0.589. The van der Waals surface area contributed by atoms with Crippen molar-refractivity contribution in [3.05, 3.63) is 243 Å². The van der Waals surface area contributed by atoms with Crippen LogP contribution in [0.25, 0.3) is 128 Å². The molecule has 0 spiro atoms. The molecule has 0 bridgehead atoms. The average Bonchev–Trinajstić information content (AvgIpc) is 3.97. The van der Waals surface area contributed by atoms with Crippen molar-refractivity contribution in [1.82, 2.24) is 19.5 Å². The molecule has 10 aromatic carbocycles. The predicted molar refractivity (Wildman–Crippen MR) is 279 cm³/mol. The number of furan rings is 1. The van der Waals surface area contributed by atoms with Gasteiger partial charge < -0.3 is 8.98 Å². The Morgan fingerprint density at radius 3 is 1.43 bits per heavy atom. The van der Waals surface area contributed by atoms with E-state index in [0.717, 1.165) is 99.5 Å². The van der Waals surface area contributed by atoms with Gasteiger partial charge in [0.05, 0.1) is 16.4 Å². The van der Waals surface area contributed by atoms with Crippen molar-refractivity contribution in [2.24, 2.45) is 0 Å². The van der Waals surface area contributed by atoms with Crippen LogP contribution in [-0.2, 0) is 0 Å². The molecule has 0 saturated heterocycles. The third-order valence-corrected chi connectivity index (χ3v) is 13.1. The first-order valence-electron chi connectivity index (χ1n) is 22.9. The number of rotatable bonds is 8. The Hall–Kier alpha value is -9.19. The van der Waals surface area contributed by atoms with Crippen molar-refractivity contribution in [3.63, 3.8) is 0 Å². The lowest BCUT2D eigenvalue weighted by Gasteiger charge is -2.16. The first-order valence-corrected chi connectivity index (χ1v) is 22.9. The Kier molecular flexibility index (Phi) is 9.43. The molecule has 0 N–H and O–H groups in total. The van der Waals surface area contributed by atoms with Crippen molar-refractivity contribution in [2.45, 2.75) is 0 Å². The SMILES string of the molecule is c1ccc(-c2nc(-c3ccccc3)nc(-c3cc(-c4ccc(-c5ccccc5)c(-c5ccccc5)c4)ccc3-c3ccc4oc5c(ccc6c5c5ccccc5n6-c5ccccc5)c4c3)n2)cc1. The lowest BCUT2D eigenvalue weighted by atomic mass is 9.89. The number of hydrogen-bond donors (Lipinski definition) is 0. The standard InChI is InChI=1S/C63H40N4O/c1-6-18-41(19-7-1)49-33-30-45(38-53(49)42-20-8-2-9-21-42)46-31-34-50(55(39-46)63-65-61(43-22-10-3-11-23-43)64-62(66-63)44-24-12-4-13-25-44)47-32-37-58-54(40-47)51-35-36-57-59(60(51)68-58)52-28-16-17-29-56(52)67(57)48-26-14-5-15-27-48/h1-40H. The van der Waals surface area contributed by atoms with E-state index in [-0.39, 0.29) is 0 Å². The molecular formula is C63H40N4O. The van der Waals surface area contributed by atoms with Crippen LogP contribution >= 0.6 is 0 Å². The molecule has 318 valence electrons. The number of hydrogen-bond acceptors (Lipinski definition) is 4. The van der Waals surface area contributed by atoms with E-state index in [4.69, 9.17) is 19.4 Å². The third-order valence-electron chi connectivity index (χ3n) is 13.1. The molecule has 0 aliphatic rings. The Morgan fingerprint density at radius 1 is 0.294 bits per heavy atom. The minimum absolute atomic E-state index is 0.589. The summed E-state index contributed by atoms with van der Waals surface area (Å²) >= 11 is 0. The van der Waals surface area contributed by atoms with Crippen LogP contribution in [0, 0.1) is 0 Å². The number of para-hydroxylation sites is 2. The van der Waals surface area contributed by atoms with Crippen molar-refractivity contribution >= 4 is 43.7 Å². The maximum atomic E-state index is 6.88. The summed E-state index contributed by atoms with van der Waals surface area (Å²) < 4.78 is 9.21. The average molecular weight is 869 g/mol. The van der Waals surface area contributed by atoms with Crippen LogP contribution in [0.15, 0.2) is 247 Å². The van der Waals surface area contributed by atoms with Gasteiger partial charge in [-0.05, 0) is 99.1 Å². The highest BCUT2D eigenvalue weighted by molar-refractivity contribution is 6.24. The van der Waals surface area contributed by atoms with Gasteiger partial charge in [-0.3, -0.25) is 0 Å². The van der Waals surface area contributed by atoms with Gasteiger partial charge in [-0.15, -0.1) is 0 Å². The van der Waals surface area contributed by atoms with Crippen LogP contribution in [0.3, 0.4) is 0 Å². The second kappa shape index (κ2) is 16.4. The van der Waals surface area contributed by atoms with Gasteiger partial charge in [0.25, 0.3) is 0 Å². The van der Waals surface area contributed by atoms with Gasteiger partial charge in [-0.2, -0.15) is 0 Å². The fourth-order valence-electron chi connectivity index (χ4n) is 9.85. The Labute approximate surface area is 392 Å². The highest BCUT2D eigenvalue weighted by Crippen LogP contribution is 2.44. The van der Waals surface area contributed by atoms with Crippen LogP contribution in [0.2, 0.25) is 0 Å². The van der Waals surface area contributed by atoms with Crippen LogP contribution in [0.1, 0.15) is 0 Å². The molecule has 68 heavy (non-hydrogen) atoms. The fraction of sp³-hybridized carbons (Fsp3) is 0. The lowest BCUT2D eigenvalue weighted by Crippen LogP contribution is -2.01. The molecule has 13 aromatic rings. The van der Waals surface area contributed by atoms with Gasteiger partial charge in [-0.25, -0.2) is 15.0 Å². The van der Waals surface area contributed by atoms with E-state index in [1.165, 1.54) is 11.1 Å². The highest BCUT2D eigenvalue weighted by atomic mass is 16.3. The smallest absolute Gasteiger partial charge is 0.164 e. The van der Waals surface area contributed by atoms with Crippen LogP contribution in [0.4, 0.5) is 0 Å². The lowest BCUT2D eigenvalue weighted by molar-refractivity contribution is 0.673. The molecule has 0 fully saturated rings. The molecule has 0 amide bonds. The topological polar surface area (TPSA) is 56.7 Å². The first-order chi connectivity index (χ1) is 33.7. The second-order valence-corrected chi connectivity index (χ2v) is 17.1. The van der Waals surface area contributed by atoms with Crippen molar-refractivity contribution in [1.29, 1.82) is 0 Å². The van der Waals surface area contributed by atoms with Gasteiger partial charge in [0.1, 0.15) is 11.2 Å². The largest absolute Gasteiger partial charge is 0.455 e. The first kappa shape index (κ1) is 39.2. The van der Waals surface area contributed by atoms with E-state index in [1.54, 1.807) is 0 Å². The monoisotopic (exact) mass is 868 g/mol. The van der Waals surface area contributed by atoms with E-state index >= 15 is 0 Å². The van der Waals surface area contributed by atoms with Gasteiger partial charge in [0, 0.05) is 38.5 Å². The third kappa shape index (κ3) is 6.76. The van der Waals surface area contributed by atoms with E-state index < -0.39 is 0 Å². The fourth-order valence-corrected chi connectivity index (χ4v) is 9.85. The van der Waals surface area contributed by atoms with Gasteiger partial charge >= 0.3 is 0 Å². The van der Waals surface area contributed by atoms with E-state index in [1.807, 2.05) is 36.4 Å². The molecule has 0 radical (unpaired) electrons. The minimum Gasteiger partial charge on any atom is -0.455 e. The Bertz CT molecular complexity index is 3940. The maximum Gasteiger partial charge on any atom is 0.164 e. The van der Waals surface area contributed by atoms with Gasteiger partial charge in [0.2, 0.25) is 0 Å². The molecule has 0 aliphatic carbocycles. The molecule has 3 heterocycles. The molecule has 13 rings (SSSR count). The molecule has 0 aliphatic heterocycles. The van der Waals surface area contributed by atoms with Crippen molar-refractivity contribution < 1.29 is 4.42 Å². The zero-order valence-corrected chi connectivity index (χ0v) is 36.8. The van der Waals surface area contributed by atoms with E-state index in [0.29, 0.717) is 17.5 Å². The summed E-state index contributed by atoms with van der Waals surface area (Å²) in [5.41, 5.74) is 16.6. The zero-order chi connectivity index (χ0) is 45.0. The summed E-state index contributed by atoms with van der Waals surface area (Å²) in [4.78, 5) is 15.6. The summed E-state index contributed by atoms with van der Waals surface area (Å²) in [6.45, 7) is 0.